The summed E-state index contributed by atoms with van der Waals surface area (Å²) in [4.78, 5) is 0. The van der Waals surface area contributed by atoms with Crippen LogP contribution >= 0.6 is 0 Å². The van der Waals surface area contributed by atoms with Gasteiger partial charge in [0.15, 0.2) is 0 Å². The Kier molecular flexibility index (Phi) is 1.15. The molecule has 1 atom stereocenters. The maximum Gasteiger partial charge on any atom is 0.631 e. The van der Waals surface area contributed by atoms with Crippen molar-refractivity contribution in [2.75, 3.05) is 0 Å². The van der Waals surface area contributed by atoms with Crippen molar-refractivity contribution in [3.8, 4) is 0 Å². The minimum Gasteiger partial charge on any atom is -0.422 e. The van der Waals surface area contributed by atoms with Crippen LogP contribution in [0.1, 0.15) is 0 Å². The van der Waals surface area contributed by atoms with Gasteiger partial charge in [-0.25, -0.2) is 4.39 Å². The van der Waals surface area contributed by atoms with Gasteiger partial charge in [-0.1, -0.05) is 5.16 Å². The molecule has 1 unspecified atom stereocenters. The van der Waals surface area contributed by atoms with Crippen LogP contribution in [-0.2, 0) is 4.76 Å². The van der Waals surface area contributed by atoms with Crippen molar-refractivity contribution in [2.24, 2.45) is 5.16 Å². The molecule has 6 heteroatoms. The molecule has 1 aliphatic heterocycles. The third kappa shape index (κ3) is 0.656. The van der Waals surface area contributed by atoms with Crippen molar-refractivity contribution in [3.05, 3.63) is 0 Å². The number of rotatable bonds is 0. The fourth-order valence-electron chi connectivity index (χ4n) is 0.313. The molecule has 1 aliphatic rings. The van der Waals surface area contributed by atoms with Gasteiger partial charge >= 0.3 is 7.19 Å². The summed E-state index contributed by atoms with van der Waals surface area (Å²) < 4.78 is 38.4. The first-order valence-electron chi connectivity index (χ1n) is 1.89. The highest BCUT2D eigenvalue weighted by atomic mass is 19.2. The highest BCUT2D eigenvalue weighted by Crippen LogP contribution is 2.12. The number of oxime groups is 1. The Morgan fingerprint density at radius 2 is 2.38 bits per heavy atom. The summed E-state index contributed by atoms with van der Waals surface area (Å²) in [5, 5.41) is 2.40. The summed E-state index contributed by atoms with van der Waals surface area (Å²) in [7, 11) is -2.25. The second-order valence-corrected chi connectivity index (χ2v) is 1.27. The van der Waals surface area contributed by atoms with E-state index < -0.39 is 19.2 Å². The van der Waals surface area contributed by atoms with Crippen molar-refractivity contribution in [3.63, 3.8) is 0 Å². The molecule has 1 heterocycles. The Bertz CT molecular complexity index is 128. The molecule has 0 spiro atoms. The van der Waals surface area contributed by atoms with E-state index in [9.17, 15) is 13.1 Å². The van der Waals surface area contributed by atoms with Crippen LogP contribution in [0.15, 0.2) is 5.16 Å². The number of halogens is 3. The third-order valence-corrected chi connectivity index (χ3v) is 0.698. The SMILES string of the molecule is FB1ON=C(F)C1F. The molecule has 0 aromatic heterocycles. The molecule has 8 heavy (non-hydrogen) atoms. The molecule has 0 aliphatic carbocycles. The van der Waals surface area contributed by atoms with Gasteiger partial charge in [0.2, 0.25) is 6.07 Å². The third-order valence-electron chi connectivity index (χ3n) is 0.698. The van der Waals surface area contributed by atoms with E-state index in [0.29, 0.717) is 0 Å². The molecule has 0 aromatic carbocycles. The zero-order chi connectivity index (χ0) is 6.15. The zero-order valence-corrected chi connectivity index (χ0v) is 3.64. The molecule has 0 saturated carbocycles. The lowest BCUT2D eigenvalue weighted by atomic mass is 9.88. The molecule has 1 rings (SSSR count). The van der Waals surface area contributed by atoms with Gasteiger partial charge in [0.05, 0.1) is 0 Å². The minimum atomic E-state index is -2.32. The summed E-state index contributed by atoms with van der Waals surface area (Å²) in [6.45, 7) is 0. The Labute approximate surface area is 43.5 Å². The Hall–Kier alpha value is -0.675. The Balaban J connectivity index is 2.59. The summed E-state index contributed by atoms with van der Waals surface area (Å²) in [6, 6.07) is 0. The van der Waals surface area contributed by atoms with Gasteiger partial charge in [-0.15, -0.1) is 0 Å². The average Bonchev–Trinajstić information content (AvgIpc) is 1.98. The van der Waals surface area contributed by atoms with Gasteiger partial charge in [-0.3, -0.25) is 4.32 Å². The van der Waals surface area contributed by atoms with Crippen LogP contribution in [-0.4, -0.2) is 19.2 Å². The van der Waals surface area contributed by atoms with E-state index in [-0.39, 0.29) is 0 Å². The molecule has 0 aromatic rings. The van der Waals surface area contributed by atoms with Crippen LogP contribution in [0.4, 0.5) is 13.1 Å². The van der Waals surface area contributed by atoms with Crippen molar-refractivity contribution in [2.45, 2.75) is 6.07 Å². The molecule has 0 radical (unpaired) electrons. The molecule has 0 N–H and O–H groups in total. The zero-order valence-electron chi connectivity index (χ0n) is 3.64. The summed E-state index contributed by atoms with van der Waals surface area (Å²) in [6.07, 6.45) is -2.32. The maximum absolute atomic E-state index is 11.7. The van der Waals surface area contributed by atoms with E-state index in [1.165, 1.54) is 0 Å². The first kappa shape index (κ1) is 5.46. The second kappa shape index (κ2) is 1.68. The predicted molar refractivity (Wildman–Crippen MR) is 21.4 cm³/mol. The Morgan fingerprint density at radius 1 is 1.75 bits per heavy atom. The second-order valence-electron chi connectivity index (χ2n) is 1.27. The van der Waals surface area contributed by atoms with Gasteiger partial charge in [0.1, 0.15) is 0 Å². The molecule has 0 saturated heterocycles. The molecular weight excluding hydrogens is 122 g/mol. The smallest absolute Gasteiger partial charge is 0.422 e. The van der Waals surface area contributed by atoms with Crippen LogP contribution in [0.5, 0.6) is 0 Å². The van der Waals surface area contributed by atoms with Gasteiger partial charge in [0.25, 0.3) is 5.97 Å². The fraction of sp³-hybridized carbons (Fsp3) is 0.500. The number of alkyl halides is 1. The monoisotopic (exact) mass is 123 g/mol. The lowest BCUT2D eigenvalue weighted by Crippen LogP contribution is -2.22. The maximum atomic E-state index is 11.7. The van der Waals surface area contributed by atoms with Crippen LogP contribution in [0.2, 0.25) is 0 Å². The lowest BCUT2D eigenvalue weighted by molar-refractivity contribution is 0.311. The molecule has 0 amide bonds. The van der Waals surface area contributed by atoms with Crippen molar-refractivity contribution < 1.29 is 17.9 Å². The topological polar surface area (TPSA) is 21.6 Å². The van der Waals surface area contributed by atoms with Crippen LogP contribution < -0.4 is 0 Å². The van der Waals surface area contributed by atoms with Gasteiger partial charge in [-0.05, 0) is 0 Å². The average molecular weight is 123 g/mol. The van der Waals surface area contributed by atoms with E-state index in [1.807, 2.05) is 0 Å². The molecular formula is C2HBF3NO. The highest BCUT2D eigenvalue weighted by Gasteiger charge is 2.42. The first-order valence-corrected chi connectivity index (χ1v) is 1.89. The number of hydrogen-bond acceptors (Lipinski definition) is 2. The largest absolute Gasteiger partial charge is 0.631 e. The first-order chi connectivity index (χ1) is 3.72. The normalized spacial score (nSPS) is 27.6. The fourth-order valence-corrected chi connectivity index (χ4v) is 0.313. The lowest BCUT2D eigenvalue weighted by Gasteiger charge is -1.88. The summed E-state index contributed by atoms with van der Waals surface area (Å²) in [5.74, 6) is -1.43. The standard InChI is InChI=1S/C2HBF3NO/c4-1-2(5)7-8-3(1)6/h1H. The van der Waals surface area contributed by atoms with Crippen molar-refractivity contribution >= 4 is 13.2 Å². The molecule has 2 nitrogen and oxygen atoms in total. The summed E-state index contributed by atoms with van der Waals surface area (Å²) in [5.41, 5.74) is 0. The molecule has 0 fully saturated rings. The van der Waals surface area contributed by atoms with Gasteiger partial charge in [0, 0.05) is 0 Å². The van der Waals surface area contributed by atoms with Gasteiger partial charge < -0.3 is 4.76 Å². The quantitative estimate of drug-likeness (QED) is 0.433. The van der Waals surface area contributed by atoms with E-state index in [1.54, 1.807) is 0 Å². The van der Waals surface area contributed by atoms with Crippen LogP contribution in [0, 0.1) is 0 Å². The predicted octanol–water partition coefficient (Wildman–Crippen LogP) is 0.635. The van der Waals surface area contributed by atoms with E-state index in [4.69, 9.17) is 0 Å². The van der Waals surface area contributed by atoms with Crippen molar-refractivity contribution in [1.29, 1.82) is 0 Å². The molecule has 44 valence electrons. The van der Waals surface area contributed by atoms with Crippen LogP contribution in [0.3, 0.4) is 0 Å². The minimum absolute atomic E-state index is 1.43. The number of hydrogen-bond donors (Lipinski definition) is 0. The van der Waals surface area contributed by atoms with E-state index in [0.717, 1.165) is 0 Å². The molecule has 0 bridgehead atoms. The van der Waals surface area contributed by atoms with Crippen LogP contribution in [0.25, 0.3) is 0 Å². The van der Waals surface area contributed by atoms with E-state index >= 15 is 0 Å². The highest BCUT2D eigenvalue weighted by molar-refractivity contribution is 6.52. The van der Waals surface area contributed by atoms with Crippen molar-refractivity contribution in [1.82, 2.24) is 0 Å². The Morgan fingerprint density at radius 3 is 2.50 bits per heavy atom. The summed E-state index contributed by atoms with van der Waals surface area (Å²) >= 11 is 0. The van der Waals surface area contributed by atoms with Gasteiger partial charge in [-0.2, -0.15) is 4.39 Å². The number of nitrogens with zero attached hydrogens (tertiary/aromatic N) is 1. The van der Waals surface area contributed by atoms with E-state index in [2.05, 4.69) is 9.91 Å².